The number of nitrogens with zero attached hydrogens (tertiary/aromatic N) is 2. The molecule has 5 heteroatoms. The van der Waals surface area contributed by atoms with Crippen LogP contribution in [0, 0.1) is 17.8 Å². The van der Waals surface area contributed by atoms with E-state index in [0.29, 0.717) is 5.92 Å². The minimum atomic E-state index is -0.147. The van der Waals surface area contributed by atoms with Crippen molar-refractivity contribution in [3.63, 3.8) is 0 Å². The van der Waals surface area contributed by atoms with E-state index in [9.17, 15) is 4.79 Å². The van der Waals surface area contributed by atoms with E-state index in [0.717, 1.165) is 24.2 Å². The average Bonchev–Trinajstić information content (AvgIpc) is 3.10. The molecule has 2 saturated carbocycles. The number of H-pyrrole nitrogens is 1. The maximum Gasteiger partial charge on any atom is 0.290 e. The molecule has 0 radical (unpaired) electrons. The first kappa shape index (κ1) is 12.6. The van der Waals surface area contributed by atoms with Crippen molar-refractivity contribution >= 4 is 5.91 Å². The third-order valence-electron chi connectivity index (χ3n) is 4.66. The number of carbonyl (C=O) groups excluding carboxylic acids is 1. The van der Waals surface area contributed by atoms with Crippen LogP contribution in [0.15, 0.2) is 0 Å². The number of aromatic nitrogens is 3. The van der Waals surface area contributed by atoms with Gasteiger partial charge in [0.05, 0.1) is 0 Å². The summed E-state index contributed by atoms with van der Waals surface area (Å²) in [4.78, 5) is 16.2. The fourth-order valence-electron chi connectivity index (χ4n) is 3.56. The molecule has 2 aliphatic rings. The van der Waals surface area contributed by atoms with Gasteiger partial charge in [0.1, 0.15) is 5.82 Å². The van der Waals surface area contributed by atoms with E-state index in [1.807, 2.05) is 13.8 Å². The maximum absolute atomic E-state index is 12.0. The lowest BCUT2D eigenvalue weighted by molar-refractivity contribution is 0.0931. The van der Waals surface area contributed by atoms with Crippen LogP contribution in [0.1, 0.15) is 61.9 Å². The van der Waals surface area contributed by atoms with Crippen LogP contribution in [-0.4, -0.2) is 27.6 Å². The van der Waals surface area contributed by atoms with Gasteiger partial charge in [-0.3, -0.25) is 9.89 Å². The van der Waals surface area contributed by atoms with Crippen LogP contribution >= 0.6 is 0 Å². The molecule has 2 N–H and O–H groups in total. The molecule has 1 amide bonds. The molecule has 1 aromatic heterocycles. The van der Waals surface area contributed by atoms with Crippen LogP contribution in [0.5, 0.6) is 0 Å². The molecule has 3 unspecified atom stereocenters. The predicted octanol–water partition coefficient (Wildman–Crippen LogP) is 2.09. The van der Waals surface area contributed by atoms with Crippen molar-refractivity contribution in [2.24, 2.45) is 17.8 Å². The van der Waals surface area contributed by atoms with Gasteiger partial charge in [-0.15, -0.1) is 5.10 Å². The van der Waals surface area contributed by atoms with E-state index in [1.165, 1.54) is 25.7 Å². The molecule has 2 fully saturated rings. The molecule has 0 aromatic carbocycles. The fraction of sp³-hybridized carbons (Fsp3) is 0.786. The lowest BCUT2D eigenvalue weighted by atomic mass is 9.89. The molecule has 1 heterocycles. The molecule has 19 heavy (non-hydrogen) atoms. The van der Waals surface area contributed by atoms with Crippen molar-refractivity contribution in [2.75, 3.05) is 6.54 Å². The van der Waals surface area contributed by atoms with Gasteiger partial charge < -0.3 is 5.32 Å². The van der Waals surface area contributed by atoms with Gasteiger partial charge in [0.25, 0.3) is 5.91 Å². The first-order valence-electron chi connectivity index (χ1n) is 7.34. The molecular weight excluding hydrogens is 240 g/mol. The Labute approximate surface area is 113 Å². The summed E-state index contributed by atoms with van der Waals surface area (Å²) in [5.74, 6) is 3.58. The number of fused-ring (bicyclic) bond motifs is 2. The summed E-state index contributed by atoms with van der Waals surface area (Å²) in [7, 11) is 0. The lowest BCUT2D eigenvalue weighted by Crippen LogP contribution is -2.32. The highest BCUT2D eigenvalue weighted by atomic mass is 16.2. The second-order valence-corrected chi connectivity index (χ2v) is 6.34. The van der Waals surface area contributed by atoms with Crippen LogP contribution in [0.2, 0.25) is 0 Å². The Balaban J connectivity index is 1.53. The standard InChI is InChI=1S/C14H22N4O/c1-8(2)12-16-13(18-17-12)14(19)15-7-11-6-9-3-4-10(11)5-9/h8-11H,3-7H2,1-2H3,(H,15,19)(H,16,17,18). The Morgan fingerprint density at radius 2 is 2.26 bits per heavy atom. The molecule has 104 valence electrons. The third-order valence-corrected chi connectivity index (χ3v) is 4.66. The van der Waals surface area contributed by atoms with E-state index in [4.69, 9.17) is 0 Å². The van der Waals surface area contributed by atoms with Crippen LogP contribution < -0.4 is 5.32 Å². The molecule has 3 rings (SSSR count). The Kier molecular flexibility index (Phi) is 3.29. The predicted molar refractivity (Wildman–Crippen MR) is 71.7 cm³/mol. The number of rotatable bonds is 4. The van der Waals surface area contributed by atoms with Crippen molar-refractivity contribution in [1.82, 2.24) is 20.5 Å². The van der Waals surface area contributed by atoms with Gasteiger partial charge in [-0.1, -0.05) is 20.3 Å². The van der Waals surface area contributed by atoms with Crippen LogP contribution in [0.25, 0.3) is 0 Å². The molecule has 1 aromatic rings. The molecule has 5 nitrogen and oxygen atoms in total. The molecule has 2 bridgehead atoms. The van der Waals surface area contributed by atoms with Gasteiger partial charge in [-0.2, -0.15) is 0 Å². The van der Waals surface area contributed by atoms with Crippen molar-refractivity contribution in [3.05, 3.63) is 11.6 Å². The molecule has 0 aliphatic heterocycles. The number of carbonyl (C=O) groups is 1. The quantitative estimate of drug-likeness (QED) is 0.873. The fourth-order valence-corrected chi connectivity index (χ4v) is 3.56. The van der Waals surface area contributed by atoms with Gasteiger partial charge in [0, 0.05) is 12.5 Å². The zero-order chi connectivity index (χ0) is 13.4. The van der Waals surface area contributed by atoms with Crippen molar-refractivity contribution in [2.45, 2.75) is 45.4 Å². The maximum atomic E-state index is 12.0. The minimum absolute atomic E-state index is 0.147. The largest absolute Gasteiger partial charge is 0.349 e. The Morgan fingerprint density at radius 3 is 2.84 bits per heavy atom. The summed E-state index contributed by atoms with van der Waals surface area (Å²) in [6, 6.07) is 0. The highest BCUT2D eigenvalue weighted by Gasteiger charge is 2.39. The van der Waals surface area contributed by atoms with E-state index < -0.39 is 0 Å². The number of nitrogens with one attached hydrogen (secondary N) is 2. The van der Waals surface area contributed by atoms with Gasteiger partial charge in [0.2, 0.25) is 5.82 Å². The number of amides is 1. The van der Waals surface area contributed by atoms with E-state index in [-0.39, 0.29) is 17.6 Å². The third kappa shape index (κ3) is 2.51. The summed E-state index contributed by atoms with van der Waals surface area (Å²) < 4.78 is 0. The first-order chi connectivity index (χ1) is 9.13. The highest BCUT2D eigenvalue weighted by molar-refractivity contribution is 5.90. The molecular formula is C14H22N4O. The van der Waals surface area contributed by atoms with E-state index in [2.05, 4.69) is 20.5 Å². The van der Waals surface area contributed by atoms with Gasteiger partial charge in [-0.25, -0.2) is 4.98 Å². The lowest BCUT2D eigenvalue weighted by Gasteiger charge is -2.21. The summed E-state index contributed by atoms with van der Waals surface area (Å²) in [6.07, 6.45) is 5.41. The molecule has 3 atom stereocenters. The smallest absolute Gasteiger partial charge is 0.290 e. The zero-order valence-electron chi connectivity index (χ0n) is 11.6. The molecule has 0 spiro atoms. The Morgan fingerprint density at radius 1 is 1.42 bits per heavy atom. The van der Waals surface area contributed by atoms with Crippen LogP contribution in [-0.2, 0) is 0 Å². The second kappa shape index (κ2) is 4.94. The number of aromatic amines is 1. The van der Waals surface area contributed by atoms with E-state index in [1.54, 1.807) is 0 Å². The van der Waals surface area contributed by atoms with Crippen molar-refractivity contribution in [3.8, 4) is 0 Å². The van der Waals surface area contributed by atoms with Crippen LogP contribution in [0.3, 0.4) is 0 Å². The van der Waals surface area contributed by atoms with Crippen molar-refractivity contribution < 1.29 is 4.79 Å². The minimum Gasteiger partial charge on any atom is -0.349 e. The van der Waals surface area contributed by atoms with Gasteiger partial charge in [0.15, 0.2) is 0 Å². The number of hydrogen-bond donors (Lipinski definition) is 2. The van der Waals surface area contributed by atoms with Gasteiger partial charge >= 0.3 is 0 Å². The molecule has 2 aliphatic carbocycles. The Hall–Kier alpha value is -1.39. The van der Waals surface area contributed by atoms with Crippen molar-refractivity contribution in [1.29, 1.82) is 0 Å². The Bertz CT molecular complexity index is 468. The van der Waals surface area contributed by atoms with Gasteiger partial charge in [-0.05, 0) is 37.0 Å². The topological polar surface area (TPSA) is 70.7 Å². The summed E-state index contributed by atoms with van der Waals surface area (Å²) in [5, 5.41) is 9.80. The molecule has 0 saturated heterocycles. The number of hydrogen-bond acceptors (Lipinski definition) is 3. The van der Waals surface area contributed by atoms with Crippen LogP contribution in [0.4, 0.5) is 0 Å². The average molecular weight is 262 g/mol. The highest BCUT2D eigenvalue weighted by Crippen LogP contribution is 2.47. The summed E-state index contributed by atoms with van der Waals surface area (Å²) in [5.41, 5.74) is 0. The summed E-state index contributed by atoms with van der Waals surface area (Å²) in [6.45, 7) is 4.83. The zero-order valence-corrected chi connectivity index (χ0v) is 11.6. The SMILES string of the molecule is CC(C)c1nc(C(=O)NCC2CC3CCC2C3)n[nH]1. The van der Waals surface area contributed by atoms with E-state index >= 15 is 0 Å². The normalized spacial score (nSPS) is 29.1. The first-order valence-corrected chi connectivity index (χ1v) is 7.34. The summed E-state index contributed by atoms with van der Waals surface area (Å²) >= 11 is 0. The monoisotopic (exact) mass is 262 g/mol. The second-order valence-electron chi connectivity index (χ2n) is 6.34.